The highest BCUT2D eigenvalue weighted by Crippen LogP contribution is 2.33. The van der Waals surface area contributed by atoms with Gasteiger partial charge in [-0.3, -0.25) is 14.5 Å². The molecule has 0 aliphatic carbocycles. The summed E-state index contributed by atoms with van der Waals surface area (Å²) in [6.07, 6.45) is -4.47. The minimum Gasteiger partial charge on any atom is -0.369 e. The van der Waals surface area contributed by atoms with E-state index in [0.29, 0.717) is 49.5 Å². The molecule has 0 saturated carbocycles. The zero-order chi connectivity index (χ0) is 31.3. The Bertz CT molecular complexity index is 1600. The maximum atomic E-state index is 15.3. The molecule has 228 valence electrons. The van der Waals surface area contributed by atoms with E-state index in [4.69, 9.17) is 0 Å². The van der Waals surface area contributed by atoms with Gasteiger partial charge in [-0.25, -0.2) is 4.39 Å². The van der Waals surface area contributed by atoms with Crippen molar-refractivity contribution in [1.29, 1.82) is 0 Å². The van der Waals surface area contributed by atoms with Gasteiger partial charge in [0.05, 0.1) is 11.3 Å². The van der Waals surface area contributed by atoms with E-state index in [2.05, 4.69) is 15.5 Å². The van der Waals surface area contributed by atoms with Crippen LogP contribution in [0.4, 0.5) is 28.9 Å². The molecule has 2 amide bonds. The van der Waals surface area contributed by atoms with Crippen molar-refractivity contribution < 1.29 is 27.2 Å². The number of likely N-dealkylation sites (N-methyl/N-ethyl adjacent to an activating group) is 1. The fourth-order valence-electron chi connectivity index (χ4n) is 5.44. The molecule has 0 bridgehead atoms. The number of anilines is 2. The smallest absolute Gasteiger partial charge is 0.369 e. The van der Waals surface area contributed by atoms with Crippen LogP contribution in [0, 0.1) is 5.82 Å². The van der Waals surface area contributed by atoms with E-state index in [9.17, 15) is 22.8 Å². The second kappa shape index (κ2) is 13.3. The molecule has 1 unspecified atom stereocenters. The maximum Gasteiger partial charge on any atom is 0.416 e. The normalized spacial score (nSPS) is 14.6. The number of carbonyl (C=O) groups excluding carboxylic acids is 2. The van der Waals surface area contributed by atoms with Crippen LogP contribution in [0.5, 0.6) is 0 Å². The Morgan fingerprint density at radius 2 is 1.50 bits per heavy atom. The van der Waals surface area contributed by atoms with Crippen molar-refractivity contribution in [2.24, 2.45) is 0 Å². The molecule has 1 atom stereocenters. The van der Waals surface area contributed by atoms with Gasteiger partial charge in [-0.2, -0.15) is 13.2 Å². The second-order valence-electron chi connectivity index (χ2n) is 10.5. The number of piperazine rings is 1. The molecule has 2 N–H and O–H groups in total. The molecule has 6 nitrogen and oxygen atoms in total. The molecule has 0 spiro atoms. The summed E-state index contributed by atoms with van der Waals surface area (Å²) < 4.78 is 54.3. The lowest BCUT2D eigenvalue weighted by molar-refractivity contribution is -0.137. The Morgan fingerprint density at radius 3 is 2.14 bits per heavy atom. The lowest BCUT2D eigenvalue weighted by atomic mass is 9.98. The molecule has 44 heavy (non-hydrogen) atoms. The van der Waals surface area contributed by atoms with Crippen LogP contribution in [0.3, 0.4) is 0 Å². The fourth-order valence-corrected chi connectivity index (χ4v) is 5.44. The Hall–Kier alpha value is -4.70. The number of benzene rings is 4. The molecule has 1 heterocycles. The van der Waals surface area contributed by atoms with Gasteiger partial charge in [0.1, 0.15) is 11.9 Å². The van der Waals surface area contributed by atoms with Gasteiger partial charge < -0.3 is 15.5 Å². The summed E-state index contributed by atoms with van der Waals surface area (Å²) >= 11 is 0. The number of rotatable bonds is 8. The zero-order valence-electron chi connectivity index (χ0n) is 24.1. The summed E-state index contributed by atoms with van der Waals surface area (Å²) in [5.74, 6) is -1.26. The molecule has 10 heteroatoms. The minimum absolute atomic E-state index is 0.0139. The molecule has 1 aliphatic rings. The lowest BCUT2D eigenvalue weighted by Crippen LogP contribution is -2.51. The number of hydrogen-bond acceptors (Lipinski definition) is 4. The van der Waals surface area contributed by atoms with Crippen molar-refractivity contribution in [3.8, 4) is 11.1 Å². The fraction of sp³-hybridized carbons (Fsp3) is 0.235. The Kier molecular flexibility index (Phi) is 9.29. The summed E-state index contributed by atoms with van der Waals surface area (Å²) in [4.78, 5) is 30.3. The van der Waals surface area contributed by atoms with Crippen LogP contribution in [0.1, 0.15) is 34.5 Å². The van der Waals surface area contributed by atoms with E-state index < -0.39 is 29.5 Å². The van der Waals surface area contributed by atoms with Crippen LogP contribution in [-0.2, 0) is 11.0 Å². The summed E-state index contributed by atoms with van der Waals surface area (Å²) in [6, 6.07) is 24.8. The van der Waals surface area contributed by atoms with Gasteiger partial charge in [0.15, 0.2) is 0 Å². The van der Waals surface area contributed by atoms with Gasteiger partial charge in [-0.05, 0) is 60.0 Å². The first-order valence-corrected chi connectivity index (χ1v) is 14.3. The second-order valence-corrected chi connectivity index (χ2v) is 10.5. The monoisotopic (exact) mass is 604 g/mol. The van der Waals surface area contributed by atoms with Gasteiger partial charge >= 0.3 is 6.18 Å². The molecular formula is C34H32F4N4O2. The average molecular weight is 605 g/mol. The molecule has 1 fully saturated rings. The third-order valence-electron chi connectivity index (χ3n) is 7.66. The predicted molar refractivity (Wildman–Crippen MR) is 163 cm³/mol. The van der Waals surface area contributed by atoms with Crippen LogP contribution < -0.4 is 15.5 Å². The van der Waals surface area contributed by atoms with Crippen molar-refractivity contribution in [3.05, 3.63) is 120 Å². The maximum absolute atomic E-state index is 15.3. The van der Waals surface area contributed by atoms with Crippen LogP contribution in [-0.4, -0.2) is 49.4 Å². The molecular weight excluding hydrogens is 572 g/mol. The van der Waals surface area contributed by atoms with Gasteiger partial charge in [-0.15, -0.1) is 0 Å². The Morgan fingerprint density at radius 1 is 0.841 bits per heavy atom. The van der Waals surface area contributed by atoms with Crippen LogP contribution in [0.2, 0.25) is 0 Å². The first kappa shape index (κ1) is 30.7. The number of alkyl halides is 3. The first-order valence-electron chi connectivity index (χ1n) is 14.3. The van der Waals surface area contributed by atoms with Crippen molar-refractivity contribution in [2.75, 3.05) is 42.9 Å². The lowest BCUT2D eigenvalue weighted by Gasteiger charge is -2.39. The quantitative estimate of drug-likeness (QED) is 0.218. The number of carbonyl (C=O) groups is 2. The summed E-state index contributed by atoms with van der Waals surface area (Å²) in [5.41, 5.74) is 1.82. The number of hydrogen-bond donors (Lipinski definition) is 2. The summed E-state index contributed by atoms with van der Waals surface area (Å²) in [6.45, 7) is 4.76. The molecule has 0 radical (unpaired) electrons. The Labute approximate surface area is 253 Å². The zero-order valence-corrected chi connectivity index (χ0v) is 24.1. The highest BCUT2D eigenvalue weighted by molar-refractivity contribution is 6.08. The molecule has 1 saturated heterocycles. The van der Waals surface area contributed by atoms with E-state index in [1.165, 1.54) is 30.3 Å². The summed E-state index contributed by atoms with van der Waals surface area (Å²) in [5, 5.41) is 5.53. The van der Waals surface area contributed by atoms with Gasteiger partial charge in [-0.1, -0.05) is 60.7 Å². The number of amides is 2. The topological polar surface area (TPSA) is 64.7 Å². The van der Waals surface area contributed by atoms with E-state index in [1.807, 2.05) is 42.2 Å². The van der Waals surface area contributed by atoms with Crippen LogP contribution >= 0.6 is 0 Å². The Balaban J connectivity index is 1.26. The highest BCUT2D eigenvalue weighted by atomic mass is 19.4. The first-order chi connectivity index (χ1) is 21.2. The third-order valence-corrected chi connectivity index (χ3v) is 7.66. The standard InChI is InChI=1S/C34H32F4N4O2/c1-2-39-33(44)31(24-8-4-3-5-9-24)42-20-18-41(19-21-42)26-16-17-30(29(35)22-26)40-32(43)28-11-7-6-10-27(28)23-12-14-25(15-13-23)34(36,37)38/h3-17,22,31H,2,18-21H2,1H3,(H,39,44)(H,40,43). The number of halogens is 4. The molecule has 4 aromatic carbocycles. The minimum atomic E-state index is -4.47. The molecule has 5 rings (SSSR count). The van der Waals surface area contributed by atoms with Gasteiger partial charge in [0.2, 0.25) is 5.91 Å². The van der Waals surface area contributed by atoms with Crippen molar-refractivity contribution in [3.63, 3.8) is 0 Å². The van der Waals surface area contributed by atoms with E-state index >= 15 is 4.39 Å². The van der Waals surface area contributed by atoms with Gasteiger partial charge in [0, 0.05) is 44.0 Å². The number of nitrogens with one attached hydrogen (secondary N) is 2. The highest BCUT2D eigenvalue weighted by Gasteiger charge is 2.31. The van der Waals surface area contributed by atoms with Crippen molar-refractivity contribution >= 4 is 23.2 Å². The molecule has 1 aliphatic heterocycles. The van der Waals surface area contributed by atoms with Crippen LogP contribution in [0.25, 0.3) is 11.1 Å². The average Bonchev–Trinajstić information content (AvgIpc) is 3.03. The van der Waals surface area contributed by atoms with Crippen molar-refractivity contribution in [1.82, 2.24) is 10.2 Å². The van der Waals surface area contributed by atoms with E-state index in [0.717, 1.165) is 17.7 Å². The number of nitrogens with zero attached hydrogens (tertiary/aromatic N) is 2. The largest absolute Gasteiger partial charge is 0.416 e. The van der Waals surface area contributed by atoms with Crippen molar-refractivity contribution in [2.45, 2.75) is 19.1 Å². The predicted octanol–water partition coefficient (Wildman–Crippen LogP) is 6.76. The van der Waals surface area contributed by atoms with E-state index in [-0.39, 0.29) is 17.2 Å². The van der Waals surface area contributed by atoms with E-state index in [1.54, 1.807) is 24.3 Å². The molecule has 4 aromatic rings. The molecule has 0 aromatic heterocycles. The van der Waals surface area contributed by atoms with Gasteiger partial charge in [0.25, 0.3) is 5.91 Å². The summed E-state index contributed by atoms with van der Waals surface area (Å²) in [7, 11) is 0. The van der Waals surface area contributed by atoms with Crippen LogP contribution in [0.15, 0.2) is 97.1 Å². The SMILES string of the molecule is CCNC(=O)C(c1ccccc1)N1CCN(c2ccc(NC(=O)c3ccccc3-c3ccc(C(F)(F)F)cc3)c(F)c2)CC1. The third kappa shape index (κ3) is 6.92.